The van der Waals surface area contributed by atoms with Crippen LogP contribution in [0.4, 0.5) is 0 Å². The molecule has 0 saturated carbocycles. The number of rotatable bonds is 8. The Morgan fingerprint density at radius 2 is 1.44 bits per heavy atom. The molecule has 3 aliphatic rings. The van der Waals surface area contributed by atoms with Gasteiger partial charge in [0.25, 0.3) is 0 Å². The van der Waals surface area contributed by atoms with Gasteiger partial charge in [0.15, 0.2) is 11.5 Å². The quantitative estimate of drug-likeness (QED) is 0.514. The number of hydrogen-bond donors (Lipinski definition) is 1. The van der Waals surface area contributed by atoms with Gasteiger partial charge in [-0.2, -0.15) is 0 Å². The first-order valence-electron chi connectivity index (χ1n) is 11.9. The summed E-state index contributed by atoms with van der Waals surface area (Å²) in [4.78, 5) is 12.8. The summed E-state index contributed by atoms with van der Waals surface area (Å²) < 4.78 is 16.4. The van der Waals surface area contributed by atoms with E-state index < -0.39 is 0 Å². The number of carbonyl (C=O) groups excluding carboxylic acids is 1. The summed E-state index contributed by atoms with van der Waals surface area (Å²) in [6.07, 6.45) is 2.03. The molecule has 0 fully saturated rings. The monoisotopic (exact) mass is 457 g/mol. The zero-order valence-electron chi connectivity index (χ0n) is 20.0. The third kappa shape index (κ3) is 3.79. The number of nitrogens with one attached hydrogen (secondary N) is 1. The van der Waals surface area contributed by atoms with Crippen molar-refractivity contribution in [3.05, 3.63) is 88.5 Å². The number of methoxy groups -OCH3 is 3. The van der Waals surface area contributed by atoms with Crippen molar-refractivity contribution < 1.29 is 19.0 Å². The predicted molar refractivity (Wildman–Crippen MR) is 132 cm³/mol. The normalized spacial score (nSPS) is 19.7. The summed E-state index contributed by atoms with van der Waals surface area (Å²) in [6, 6.07) is 21.4. The first kappa shape index (κ1) is 22.3. The maximum absolute atomic E-state index is 12.8. The second-order valence-electron chi connectivity index (χ2n) is 9.08. The first-order chi connectivity index (χ1) is 16.7. The zero-order chi connectivity index (χ0) is 23.7. The second kappa shape index (κ2) is 9.41. The first-order valence-corrected chi connectivity index (χ1v) is 11.9. The molecule has 0 spiro atoms. The number of amides is 1. The average Bonchev–Trinajstić information content (AvgIpc) is 2.90. The number of aryl methyl sites for hydroxylation is 1. The molecule has 0 aliphatic heterocycles. The lowest BCUT2D eigenvalue weighted by Gasteiger charge is -2.45. The van der Waals surface area contributed by atoms with Crippen LogP contribution in [0.1, 0.15) is 52.5 Å². The fourth-order valence-corrected chi connectivity index (χ4v) is 5.90. The molecule has 34 heavy (non-hydrogen) atoms. The Kier molecular flexibility index (Phi) is 6.18. The molecule has 6 rings (SSSR count). The van der Waals surface area contributed by atoms with Crippen molar-refractivity contribution in [3.8, 4) is 17.2 Å². The molecule has 176 valence electrons. The smallest absolute Gasteiger partial charge is 0.220 e. The van der Waals surface area contributed by atoms with Gasteiger partial charge in [0.1, 0.15) is 0 Å². The molecule has 0 saturated heterocycles. The highest BCUT2D eigenvalue weighted by molar-refractivity contribution is 5.76. The third-order valence-corrected chi connectivity index (χ3v) is 7.39. The zero-order valence-corrected chi connectivity index (χ0v) is 20.0. The molecule has 0 aromatic heterocycles. The second-order valence-corrected chi connectivity index (χ2v) is 9.08. The molecule has 1 atom stereocenters. The standard InChI is InChI=1S/C29H31NO4/c1-32-25-14-12-18(28(33-2)29(25)34-3)13-15-26(31)30-17-19-16-24-20-8-4-6-10-22(20)27(19)23-11-7-5-9-21(23)24/h4-12,14,19,24,27H,13,15-17H2,1-3H3,(H,30,31). The van der Waals surface area contributed by atoms with Crippen LogP contribution < -0.4 is 19.5 Å². The fraction of sp³-hybridized carbons (Fsp3) is 0.345. The van der Waals surface area contributed by atoms with Crippen LogP contribution in [0.5, 0.6) is 17.2 Å². The van der Waals surface area contributed by atoms with Crippen molar-refractivity contribution in [3.63, 3.8) is 0 Å². The molecule has 1 N–H and O–H groups in total. The van der Waals surface area contributed by atoms with Gasteiger partial charge in [0, 0.05) is 24.8 Å². The Bertz CT molecular complexity index is 1160. The van der Waals surface area contributed by atoms with Gasteiger partial charge >= 0.3 is 0 Å². The minimum Gasteiger partial charge on any atom is -0.493 e. The van der Waals surface area contributed by atoms with Gasteiger partial charge in [-0.1, -0.05) is 54.6 Å². The topological polar surface area (TPSA) is 56.8 Å². The van der Waals surface area contributed by atoms with Crippen molar-refractivity contribution in [1.82, 2.24) is 5.32 Å². The Balaban J connectivity index is 1.27. The van der Waals surface area contributed by atoms with E-state index in [2.05, 4.69) is 53.8 Å². The largest absolute Gasteiger partial charge is 0.493 e. The van der Waals surface area contributed by atoms with E-state index in [4.69, 9.17) is 14.2 Å². The Morgan fingerprint density at radius 3 is 2.03 bits per heavy atom. The number of hydrogen-bond acceptors (Lipinski definition) is 4. The molecule has 3 aromatic carbocycles. The van der Waals surface area contributed by atoms with Gasteiger partial charge in [-0.05, 0) is 52.6 Å². The molecule has 0 heterocycles. The van der Waals surface area contributed by atoms with Crippen molar-refractivity contribution in [2.24, 2.45) is 5.92 Å². The van der Waals surface area contributed by atoms with E-state index in [-0.39, 0.29) is 5.91 Å². The summed E-state index contributed by atoms with van der Waals surface area (Å²) in [5.74, 6) is 2.99. The van der Waals surface area contributed by atoms with Crippen LogP contribution >= 0.6 is 0 Å². The van der Waals surface area contributed by atoms with Crippen LogP contribution in [-0.4, -0.2) is 33.8 Å². The van der Waals surface area contributed by atoms with Crippen molar-refractivity contribution >= 4 is 5.91 Å². The molecular weight excluding hydrogens is 426 g/mol. The lowest BCUT2D eigenvalue weighted by atomic mass is 9.59. The van der Waals surface area contributed by atoms with E-state index in [1.165, 1.54) is 22.3 Å². The summed E-state index contributed by atoms with van der Waals surface area (Å²) >= 11 is 0. The molecule has 5 nitrogen and oxygen atoms in total. The van der Waals surface area contributed by atoms with E-state index in [1.54, 1.807) is 21.3 Å². The van der Waals surface area contributed by atoms with Gasteiger partial charge in [-0.3, -0.25) is 4.79 Å². The highest BCUT2D eigenvalue weighted by atomic mass is 16.5. The molecule has 0 radical (unpaired) electrons. The lowest BCUT2D eigenvalue weighted by Crippen LogP contribution is -2.39. The van der Waals surface area contributed by atoms with E-state index in [0.29, 0.717) is 54.4 Å². The Labute approximate surface area is 201 Å². The minimum atomic E-state index is 0.0554. The number of carbonyl (C=O) groups is 1. The van der Waals surface area contributed by atoms with Gasteiger partial charge in [0.2, 0.25) is 11.7 Å². The van der Waals surface area contributed by atoms with E-state index >= 15 is 0 Å². The van der Waals surface area contributed by atoms with Gasteiger partial charge in [-0.25, -0.2) is 0 Å². The van der Waals surface area contributed by atoms with E-state index in [9.17, 15) is 4.79 Å². The molecule has 5 heteroatoms. The summed E-state index contributed by atoms with van der Waals surface area (Å²) in [7, 11) is 4.79. The SMILES string of the molecule is COc1ccc(CCC(=O)NCC2CC3c4ccccc4C2c2ccccc23)c(OC)c1OC. The fourth-order valence-electron chi connectivity index (χ4n) is 5.90. The highest BCUT2D eigenvalue weighted by Crippen LogP contribution is 2.55. The van der Waals surface area contributed by atoms with Crippen LogP contribution in [0.2, 0.25) is 0 Å². The molecule has 1 amide bonds. The number of benzene rings is 3. The van der Waals surface area contributed by atoms with Crippen molar-refractivity contribution in [2.75, 3.05) is 27.9 Å². The predicted octanol–water partition coefficient (Wildman–Crippen LogP) is 5.06. The Morgan fingerprint density at radius 1 is 0.824 bits per heavy atom. The Hall–Kier alpha value is -3.47. The van der Waals surface area contributed by atoms with Crippen LogP contribution in [0.15, 0.2) is 60.7 Å². The van der Waals surface area contributed by atoms with E-state index in [1.807, 2.05) is 12.1 Å². The molecule has 3 aliphatic carbocycles. The molecule has 1 unspecified atom stereocenters. The summed E-state index contributed by atoms with van der Waals surface area (Å²) in [6.45, 7) is 0.686. The van der Waals surface area contributed by atoms with Crippen LogP contribution in [0, 0.1) is 5.92 Å². The van der Waals surface area contributed by atoms with Crippen molar-refractivity contribution in [2.45, 2.75) is 31.1 Å². The third-order valence-electron chi connectivity index (χ3n) is 7.39. The lowest BCUT2D eigenvalue weighted by molar-refractivity contribution is -0.121. The summed E-state index contributed by atoms with van der Waals surface area (Å²) in [5, 5.41) is 3.22. The van der Waals surface area contributed by atoms with E-state index in [0.717, 1.165) is 12.0 Å². The number of fused-ring (bicyclic) bond motifs is 1. The van der Waals surface area contributed by atoms with Crippen molar-refractivity contribution in [1.29, 1.82) is 0 Å². The van der Waals surface area contributed by atoms with Crippen LogP contribution in [0.3, 0.4) is 0 Å². The molecular formula is C29H31NO4. The maximum atomic E-state index is 12.8. The van der Waals surface area contributed by atoms with Gasteiger partial charge < -0.3 is 19.5 Å². The number of ether oxygens (including phenoxy) is 3. The highest BCUT2D eigenvalue weighted by Gasteiger charge is 2.42. The van der Waals surface area contributed by atoms with Crippen LogP contribution in [-0.2, 0) is 11.2 Å². The van der Waals surface area contributed by atoms with Gasteiger partial charge in [-0.15, -0.1) is 0 Å². The average molecular weight is 458 g/mol. The minimum absolute atomic E-state index is 0.0554. The van der Waals surface area contributed by atoms with Crippen LogP contribution in [0.25, 0.3) is 0 Å². The maximum Gasteiger partial charge on any atom is 0.220 e. The summed E-state index contributed by atoms with van der Waals surface area (Å²) in [5.41, 5.74) is 6.68. The molecule has 2 bridgehead atoms. The van der Waals surface area contributed by atoms with Gasteiger partial charge in [0.05, 0.1) is 21.3 Å². The molecule has 3 aromatic rings.